The van der Waals surface area contributed by atoms with Crippen molar-refractivity contribution in [2.24, 2.45) is 0 Å². The molecule has 0 radical (unpaired) electrons. The van der Waals surface area contributed by atoms with Gasteiger partial charge in [-0.3, -0.25) is 9.13 Å². The summed E-state index contributed by atoms with van der Waals surface area (Å²) in [5.41, 5.74) is 2.00. The van der Waals surface area contributed by atoms with Gasteiger partial charge in [-0.1, -0.05) is 24.3 Å². The average molecular weight is 407 g/mol. The first kappa shape index (κ1) is 23.1. The molecule has 0 saturated carbocycles. The second-order valence-electron chi connectivity index (χ2n) is 6.15. The van der Waals surface area contributed by atoms with E-state index >= 15 is 0 Å². The Balaban J connectivity index is 2.60. The number of nitrogens with zero attached hydrogens (tertiary/aromatic N) is 1. The Morgan fingerprint density at radius 2 is 1.77 bits per heavy atom. The van der Waals surface area contributed by atoms with Gasteiger partial charge < -0.3 is 29.2 Å². The number of allylic oxidation sites excluding steroid dienone is 1. The summed E-state index contributed by atoms with van der Waals surface area (Å²) in [6.45, 7) is 3.00. The van der Waals surface area contributed by atoms with E-state index in [1.165, 1.54) is 0 Å². The van der Waals surface area contributed by atoms with Crippen molar-refractivity contribution in [3.63, 3.8) is 0 Å². The van der Waals surface area contributed by atoms with Crippen LogP contribution in [0.15, 0.2) is 30.3 Å². The number of hydrogen-bond acceptors (Lipinski definition) is 4. The molecular weight excluding hydrogens is 380 g/mol. The van der Waals surface area contributed by atoms with Crippen molar-refractivity contribution in [2.45, 2.75) is 25.2 Å². The van der Waals surface area contributed by atoms with Gasteiger partial charge in [0.15, 0.2) is 5.40 Å². The van der Waals surface area contributed by atoms with E-state index in [0.717, 1.165) is 16.9 Å². The smallest absolute Gasteiger partial charge is 0.340 e. The molecule has 1 aromatic carbocycles. The highest BCUT2D eigenvalue weighted by atomic mass is 31.2. The lowest BCUT2D eigenvalue weighted by atomic mass is 10.1. The number of benzene rings is 1. The molecule has 0 atom stereocenters. The van der Waals surface area contributed by atoms with Gasteiger partial charge >= 0.3 is 15.2 Å². The minimum Gasteiger partial charge on any atom is -0.496 e. The molecule has 0 heterocycles. The molecule has 0 unspecified atom stereocenters. The summed E-state index contributed by atoms with van der Waals surface area (Å²) in [6, 6.07) is 7.64. The van der Waals surface area contributed by atoms with Crippen LogP contribution in [0, 0.1) is 0 Å². The molecule has 148 valence electrons. The fraction of sp³-hybridized carbons (Fsp3) is 0.500. The number of rotatable bonds is 10. The van der Waals surface area contributed by atoms with Gasteiger partial charge in [-0.05, 0) is 45.0 Å². The van der Waals surface area contributed by atoms with Crippen molar-refractivity contribution in [1.29, 1.82) is 0 Å². The fourth-order valence-electron chi connectivity index (χ4n) is 2.54. The first-order valence-corrected chi connectivity index (χ1v) is 11.4. The lowest BCUT2D eigenvalue weighted by Crippen LogP contribution is -2.21. The van der Waals surface area contributed by atoms with Crippen molar-refractivity contribution in [1.82, 2.24) is 4.90 Å². The van der Waals surface area contributed by atoms with Crippen molar-refractivity contribution in [3.05, 3.63) is 35.9 Å². The molecule has 0 spiro atoms. The largest absolute Gasteiger partial charge is 0.496 e. The van der Waals surface area contributed by atoms with Gasteiger partial charge in [-0.15, -0.1) is 0 Å². The maximum absolute atomic E-state index is 11.3. The summed E-state index contributed by atoms with van der Waals surface area (Å²) in [5, 5.41) is -1.94. The fourth-order valence-corrected chi connectivity index (χ4v) is 5.15. The highest BCUT2D eigenvalue weighted by Gasteiger charge is 2.42. The Morgan fingerprint density at radius 3 is 2.31 bits per heavy atom. The quantitative estimate of drug-likeness (QED) is 0.436. The lowest BCUT2D eigenvalue weighted by Gasteiger charge is -2.21. The van der Waals surface area contributed by atoms with Crippen LogP contribution in [0.25, 0.3) is 5.57 Å². The molecular formula is C16H27NO7P2. The highest BCUT2D eigenvalue weighted by Crippen LogP contribution is 2.61. The zero-order valence-corrected chi connectivity index (χ0v) is 16.9. The van der Waals surface area contributed by atoms with Crippen LogP contribution in [0.1, 0.15) is 25.3 Å². The molecule has 0 aliphatic rings. The molecule has 0 aromatic heterocycles. The first-order chi connectivity index (χ1) is 12.0. The summed E-state index contributed by atoms with van der Waals surface area (Å²) >= 11 is 0. The van der Waals surface area contributed by atoms with Gasteiger partial charge in [0, 0.05) is 12.1 Å². The van der Waals surface area contributed by atoms with Crippen LogP contribution in [0.5, 0.6) is 5.75 Å². The second-order valence-corrected chi connectivity index (χ2v) is 10.2. The van der Waals surface area contributed by atoms with E-state index in [1.54, 1.807) is 7.11 Å². The van der Waals surface area contributed by atoms with Crippen LogP contribution >= 0.6 is 15.2 Å². The maximum atomic E-state index is 11.3. The van der Waals surface area contributed by atoms with Crippen molar-refractivity contribution >= 4 is 20.8 Å². The molecule has 0 amide bonds. The van der Waals surface area contributed by atoms with Gasteiger partial charge in [-0.2, -0.15) is 0 Å². The molecule has 10 heteroatoms. The Hall–Kier alpha value is -0.980. The van der Waals surface area contributed by atoms with Crippen molar-refractivity contribution < 1.29 is 33.4 Å². The molecule has 1 rings (SSSR count). The average Bonchev–Trinajstić information content (AvgIpc) is 2.54. The van der Waals surface area contributed by atoms with E-state index in [9.17, 15) is 9.13 Å². The van der Waals surface area contributed by atoms with Crippen LogP contribution in [-0.4, -0.2) is 57.1 Å². The molecule has 4 N–H and O–H groups in total. The topological polar surface area (TPSA) is 128 Å². The standard InChI is InChI=1S/C16H27NO7P2/c1-13(14-7-4-5-8-15(14)24-3)10-12-17(2)11-6-9-16(25(18,19)20)26(21,22)23/h4-5,7-8,10,16H,6,9,11-12H2,1-3H3,(H2,18,19,20)(H2,21,22,23)/b13-10+. The van der Waals surface area contributed by atoms with Crippen LogP contribution in [0.3, 0.4) is 0 Å². The Kier molecular flexibility index (Phi) is 8.70. The van der Waals surface area contributed by atoms with E-state index in [2.05, 4.69) is 0 Å². The van der Waals surface area contributed by atoms with Gasteiger partial charge in [0.25, 0.3) is 0 Å². The molecule has 0 bridgehead atoms. The molecule has 8 nitrogen and oxygen atoms in total. The van der Waals surface area contributed by atoms with E-state index in [4.69, 9.17) is 24.3 Å². The number of ether oxygens (including phenoxy) is 1. The Bertz CT molecular complexity index is 688. The zero-order valence-electron chi connectivity index (χ0n) is 15.1. The molecule has 0 saturated heterocycles. The summed E-state index contributed by atoms with van der Waals surface area (Å²) < 4.78 is 27.8. The van der Waals surface area contributed by atoms with Crippen LogP contribution in [-0.2, 0) is 9.13 Å². The Morgan fingerprint density at radius 1 is 1.19 bits per heavy atom. The molecule has 1 aromatic rings. The summed E-state index contributed by atoms with van der Waals surface area (Å²) in [6.07, 6.45) is 2.02. The first-order valence-electron chi connectivity index (χ1n) is 8.06. The normalized spacial score (nSPS) is 13.5. The minimum absolute atomic E-state index is 0.242. The molecule has 26 heavy (non-hydrogen) atoms. The second kappa shape index (κ2) is 9.81. The number of likely N-dealkylation sites (N-methyl/N-ethyl adjacent to an activating group) is 1. The number of methoxy groups -OCH3 is 1. The summed E-state index contributed by atoms with van der Waals surface area (Å²) in [4.78, 5) is 38.4. The third-order valence-electron chi connectivity index (χ3n) is 4.02. The minimum atomic E-state index is -4.85. The van der Waals surface area contributed by atoms with Crippen LogP contribution in [0.2, 0.25) is 0 Å². The van der Waals surface area contributed by atoms with Crippen molar-refractivity contribution in [2.75, 3.05) is 27.2 Å². The molecule has 0 aliphatic heterocycles. The van der Waals surface area contributed by atoms with E-state index < -0.39 is 20.6 Å². The third-order valence-corrected chi connectivity index (χ3v) is 7.89. The number of para-hydroxylation sites is 1. The maximum Gasteiger partial charge on any atom is 0.340 e. The van der Waals surface area contributed by atoms with Crippen molar-refractivity contribution in [3.8, 4) is 5.75 Å². The summed E-state index contributed by atoms with van der Waals surface area (Å²) in [7, 11) is -6.25. The Labute approximate surface area is 153 Å². The predicted octanol–water partition coefficient (Wildman–Crippen LogP) is 2.49. The monoisotopic (exact) mass is 407 g/mol. The van der Waals surface area contributed by atoms with E-state index in [-0.39, 0.29) is 12.8 Å². The zero-order chi connectivity index (χ0) is 20.0. The van der Waals surface area contributed by atoms with Gasteiger partial charge in [0.2, 0.25) is 0 Å². The van der Waals surface area contributed by atoms with E-state index in [0.29, 0.717) is 13.1 Å². The highest BCUT2D eigenvalue weighted by molar-refractivity contribution is 7.70. The van der Waals surface area contributed by atoms with E-state index in [1.807, 2.05) is 49.2 Å². The molecule has 0 aliphatic carbocycles. The van der Waals surface area contributed by atoms with Crippen LogP contribution in [0.4, 0.5) is 0 Å². The van der Waals surface area contributed by atoms with Crippen LogP contribution < -0.4 is 4.74 Å². The SMILES string of the molecule is COc1ccccc1/C(C)=C/CN(C)CCCC(P(=O)(O)O)P(=O)(O)O. The summed E-state index contributed by atoms with van der Waals surface area (Å²) in [5.74, 6) is 0.773. The van der Waals surface area contributed by atoms with Gasteiger partial charge in [0.1, 0.15) is 5.75 Å². The van der Waals surface area contributed by atoms with Gasteiger partial charge in [-0.25, -0.2) is 0 Å². The number of hydrogen-bond donors (Lipinski definition) is 4. The molecule has 0 fully saturated rings. The van der Waals surface area contributed by atoms with Gasteiger partial charge in [0.05, 0.1) is 7.11 Å². The third kappa shape index (κ3) is 7.33. The lowest BCUT2D eigenvalue weighted by molar-refractivity contribution is 0.323. The predicted molar refractivity (Wildman–Crippen MR) is 101 cm³/mol.